The summed E-state index contributed by atoms with van der Waals surface area (Å²) in [6, 6.07) is 3.27. The summed E-state index contributed by atoms with van der Waals surface area (Å²) >= 11 is 0. The first-order valence-electron chi connectivity index (χ1n) is 10.4. The summed E-state index contributed by atoms with van der Waals surface area (Å²) in [6.07, 6.45) is 10.4. The van der Waals surface area contributed by atoms with Crippen molar-refractivity contribution in [2.24, 2.45) is 5.92 Å². The third-order valence-electron chi connectivity index (χ3n) is 4.97. The van der Waals surface area contributed by atoms with E-state index >= 15 is 0 Å². The van der Waals surface area contributed by atoms with Crippen LogP contribution in [0.3, 0.4) is 0 Å². The number of amides is 1. The predicted molar refractivity (Wildman–Crippen MR) is 120 cm³/mol. The van der Waals surface area contributed by atoms with Gasteiger partial charge in [0.15, 0.2) is 34.7 Å². The van der Waals surface area contributed by atoms with Gasteiger partial charge in [-0.1, -0.05) is 12.8 Å². The maximum atomic E-state index is 12.5. The van der Waals surface area contributed by atoms with Crippen LogP contribution in [0.25, 0.3) is 11.4 Å². The van der Waals surface area contributed by atoms with E-state index < -0.39 is 0 Å². The van der Waals surface area contributed by atoms with E-state index in [-0.39, 0.29) is 42.1 Å². The Bertz CT molecular complexity index is 1240. The number of nitrogens with zero attached hydrogens (tertiary/aromatic N) is 6. The highest BCUT2D eigenvalue weighted by molar-refractivity contribution is 6.01. The van der Waals surface area contributed by atoms with Gasteiger partial charge in [0, 0.05) is 24.6 Å². The molecule has 168 valence electrons. The summed E-state index contributed by atoms with van der Waals surface area (Å²) in [5, 5.41) is 18.2. The summed E-state index contributed by atoms with van der Waals surface area (Å²) in [5.41, 5.74) is 1.06. The number of anilines is 3. The van der Waals surface area contributed by atoms with Crippen LogP contribution in [0.1, 0.15) is 36.7 Å². The lowest BCUT2D eigenvalue weighted by atomic mass is 10.1. The van der Waals surface area contributed by atoms with Crippen LogP contribution in [0.5, 0.6) is 5.75 Å². The molecule has 3 aromatic rings. The van der Waals surface area contributed by atoms with Gasteiger partial charge in [-0.05, 0) is 18.9 Å². The molecule has 4 rings (SSSR count). The molecule has 1 saturated carbocycles. The van der Waals surface area contributed by atoms with Crippen molar-refractivity contribution in [3.63, 3.8) is 0 Å². The van der Waals surface area contributed by atoms with Gasteiger partial charge in [-0.2, -0.15) is 0 Å². The minimum Gasteiger partial charge on any atom is -0.492 e. The molecule has 0 unspecified atom stereocenters. The van der Waals surface area contributed by atoms with Crippen LogP contribution < -0.4 is 15.4 Å². The number of ether oxygens (including phenoxy) is 1. The molecule has 0 radical (unpaired) electrons. The van der Waals surface area contributed by atoms with E-state index in [0.29, 0.717) is 28.6 Å². The van der Waals surface area contributed by atoms with Crippen LogP contribution >= 0.6 is 0 Å². The Hall–Kier alpha value is -4.33. The molecular formula is C22H22N8O3. The molecule has 11 nitrogen and oxygen atoms in total. The molecule has 1 aliphatic rings. The fraction of sp³-hybridized carbons (Fsp3) is 0.318. The SMILES string of the molecule is C#CCn1cnc(-c2ccnc(Nc3cc(NC(=O)C4CC4)nnc3C(=O)CC)c2OC)n1. The highest BCUT2D eigenvalue weighted by Gasteiger charge is 2.30. The van der Waals surface area contributed by atoms with Crippen LogP contribution in [0.2, 0.25) is 0 Å². The van der Waals surface area contributed by atoms with E-state index in [9.17, 15) is 9.59 Å². The molecule has 0 aromatic carbocycles. The molecule has 0 spiro atoms. The van der Waals surface area contributed by atoms with Crippen LogP contribution in [0, 0.1) is 18.3 Å². The number of nitrogens with one attached hydrogen (secondary N) is 2. The molecule has 1 aliphatic carbocycles. The van der Waals surface area contributed by atoms with Crippen molar-refractivity contribution >= 4 is 29.0 Å². The quantitative estimate of drug-likeness (QED) is 0.375. The Morgan fingerprint density at radius 1 is 1.30 bits per heavy atom. The smallest absolute Gasteiger partial charge is 0.228 e. The van der Waals surface area contributed by atoms with E-state index in [4.69, 9.17) is 11.2 Å². The van der Waals surface area contributed by atoms with Crippen LogP contribution in [-0.2, 0) is 11.3 Å². The zero-order valence-electron chi connectivity index (χ0n) is 18.2. The summed E-state index contributed by atoms with van der Waals surface area (Å²) in [4.78, 5) is 33.2. The Morgan fingerprint density at radius 3 is 2.82 bits per heavy atom. The second-order valence-corrected chi connectivity index (χ2v) is 7.37. The number of aromatic nitrogens is 6. The fourth-order valence-corrected chi connectivity index (χ4v) is 3.13. The van der Waals surface area contributed by atoms with Crippen LogP contribution in [0.4, 0.5) is 17.3 Å². The maximum Gasteiger partial charge on any atom is 0.228 e. The van der Waals surface area contributed by atoms with Gasteiger partial charge in [0.2, 0.25) is 5.91 Å². The largest absolute Gasteiger partial charge is 0.492 e. The number of hydrogen-bond acceptors (Lipinski definition) is 9. The van der Waals surface area contributed by atoms with Crippen molar-refractivity contribution in [2.75, 3.05) is 17.7 Å². The number of pyridine rings is 1. The number of terminal acetylenes is 1. The molecule has 2 N–H and O–H groups in total. The van der Waals surface area contributed by atoms with Crippen molar-refractivity contribution in [1.82, 2.24) is 29.9 Å². The number of ketones is 1. The fourth-order valence-electron chi connectivity index (χ4n) is 3.13. The van der Waals surface area contributed by atoms with Gasteiger partial charge in [-0.3, -0.25) is 9.59 Å². The average Bonchev–Trinajstić information content (AvgIpc) is 3.58. The molecule has 33 heavy (non-hydrogen) atoms. The number of methoxy groups -OCH3 is 1. The number of carbonyl (C=O) groups excluding carboxylic acids is 2. The molecule has 11 heteroatoms. The third kappa shape index (κ3) is 4.79. The number of rotatable bonds is 9. The van der Waals surface area contributed by atoms with Gasteiger partial charge in [0.25, 0.3) is 0 Å². The Balaban J connectivity index is 1.70. The molecule has 0 aliphatic heterocycles. The van der Waals surface area contributed by atoms with Gasteiger partial charge in [0.1, 0.15) is 12.9 Å². The first kappa shape index (κ1) is 21.9. The highest BCUT2D eigenvalue weighted by Crippen LogP contribution is 2.36. The van der Waals surface area contributed by atoms with Crippen molar-refractivity contribution in [3.8, 4) is 29.5 Å². The molecule has 3 heterocycles. The van der Waals surface area contributed by atoms with Crippen molar-refractivity contribution in [3.05, 3.63) is 30.4 Å². The first-order chi connectivity index (χ1) is 16.0. The zero-order valence-corrected chi connectivity index (χ0v) is 18.2. The zero-order chi connectivity index (χ0) is 23.4. The second-order valence-electron chi connectivity index (χ2n) is 7.37. The highest BCUT2D eigenvalue weighted by atomic mass is 16.5. The molecule has 1 amide bonds. The minimum absolute atomic E-state index is 0.000351. The molecule has 1 fully saturated rings. The Labute approximate surface area is 190 Å². The average molecular weight is 446 g/mol. The summed E-state index contributed by atoms with van der Waals surface area (Å²) in [7, 11) is 1.49. The van der Waals surface area contributed by atoms with Gasteiger partial charge in [-0.15, -0.1) is 21.7 Å². The van der Waals surface area contributed by atoms with Crippen molar-refractivity contribution < 1.29 is 14.3 Å². The normalized spacial score (nSPS) is 12.6. The molecule has 0 saturated heterocycles. The lowest BCUT2D eigenvalue weighted by Crippen LogP contribution is -2.16. The lowest BCUT2D eigenvalue weighted by Gasteiger charge is -2.15. The van der Waals surface area contributed by atoms with Crippen LogP contribution in [0.15, 0.2) is 24.7 Å². The summed E-state index contributed by atoms with van der Waals surface area (Å²) in [6.45, 7) is 2.01. The molecular weight excluding hydrogens is 424 g/mol. The first-order valence-corrected chi connectivity index (χ1v) is 10.4. The number of hydrogen-bond donors (Lipinski definition) is 2. The molecule has 0 atom stereocenters. The topological polar surface area (TPSA) is 137 Å². The van der Waals surface area contributed by atoms with E-state index in [1.807, 2.05) is 0 Å². The predicted octanol–water partition coefficient (Wildman–Crippen LogP) is 2.46. The van der Waals surface area contributed by atoms with Crippen molar-refractivity contribution in [2.45, 2.75) is 32.7 Å². The number of carbonyl (C=O) groups is 2. The third-order valence-corrected chi connectivity index (χ3v) is 4.97. The number of Topliss-reactive ketones (excluding diaryl/α,β-unsaturated/α-hetero) is 1. The van der Waals surface area contributed by atoms with E-state index in [2.05, 4.69) is 41.8 Å². The maximum absolute atomic E-state index is 12.5. The van der Waals surface area contributed by atoms with Gasteiger partial charge >= 0.3 is 0 Å². The summed E-state index contributed by atoms with van der Waals surface area (Å²) in [5.74, 6) is 3.51. The minimum atomic E-state index is -0.213. The van der Waals surface area contributed by atoms with Gasteiger partial charge in [-0.25, -0.2) is 14.6 Å². The summed E-state index contributed by atoms with van der Waals surface area (Å²) < 4.78 is 7.12. The van der Waals surface area contributed by atoms with Crippen LogP contribution in [-0.4, -0.2) is 48.7 Å². The van der Waals surface area contributed by atoms with Crippen molar-refractivity contribution in [1.29, 1.82) is 0 Å². The molecule has 3 aromatic heterocycles. The monoisotopic (exact) mass is 446 g/mol. The second kappa shape index (κ2) is 9.44. The molecule has 0 bridgehead atoms. The Morgan fingerprint density at radius 2 is 2.12 bits per heavy atom. The van der Waals surface area contributed by atoms with E-state index in [1.165, 1.54) is 18.1 Å². The lowest BCUT2D eigenvalue weighted by molar-refractivity contribution is -0.117. The van der Waals surface area contributed by atoms with E-state index in [1.54, 1.807) is 25.3 Å². The van der Waals surface area contributed by atoms with Gasteiger partial charge in [0.05, 0.1) is 18.4 Å². The van der Waals surface area contributed by atoms with E-state index in [0.717, 1.165) is 12.8 Å². The van der Waals surface area contributed by atoms with Gasteiger partial charge < -0.3 is 15.4 Å². The standard InChI is InChI=1S/C22H22N8O3/c1-4-10-30-12-24-20(29-30)14-8-9-23-21(19(14)33-3)25-15-11-17(26-22(32)13-6-7-13)27-28-18(15)16(31)5-2/h1,8-9,11-13H,5-7,10H2,2-3H3,(H2,23,25,26,27,32). The Kier molecular flexibility index (Phi) is 6.26.